The van der Waals surface area contributed by atoms with Crippen LogP contribution in [0.4, 0.5) is 46.0 Å². The van der Waals surface area contributed by atoms with E-state index in [1.807, 2.05) is 106 Å². The number of ether oxygens (including phenoxy) is 4. The Kier molecular flexibility index (Phi) is 23.4. The molecule has 0 aliphatic rings. The second kappa shape index (κ2) is 35.1. The second-order valence-corrected chi connectivity index (χ2v) is 30.1. The zero-order valence-electron chi connectivity index (χ0n) is 64.3. The first kappa shape index (κ1) is 80.5. The van der Waals surface area contributed by atoms with Crippen molar-refractivity contribution < 1.29 is 36.5 Å². The van der Waals surface area contributed by atoms with Gasteiger partial charge in [0.05, 0.1) is 79.6 Å². The van der Waals surface area contributed by atoms with Crippen molar-refractivity contribution in [3.8, 4) is 101 Å². The number of nitrogens with one attached hydrogen (secondary N) is 1. The fourth-order valence-electron chi connectivity index (χ4n) is 15.2. The lowest BCUT2D eigenvalue weighted by Crippen LogP contribution is -2.10. The monoisotopic (exact) mass is 1700 g/mol. The minimum atomic E-state index is -0.366. The highest BCUT2D eigenvalue weighted by Crippen LogP contribution is 2.45. The maximum atomic E-state index is 14.4. The zero-order chi connectivity index (χ0) is 81.2. The third-order valence-electron chi connectivity index (χ3n) is 21.3. The SMILES string of the molecule is C.C.COc1ccc(-c2ccc(N(c3ccc(-c4ccc(OC)cc4)cc3)c3ccc(-c4ccc(-n5c6ccc(F)cc6c6cc(F)ccc65)cc4)c4nsnc34)cc2)cc1.COc1ccc(-c2ccc(Nc3ccc(-c4ccc(OC)cc4)cc3)cc2)cc1.Fc1ccc2c(c1)c1cc(F)ccc1n2-c1ccc(-c2ccc(Br)c3nsnc23)cc1. The van der Waals surface area contributed by atoms with Gasteiger partial charge in [-0.15, -0.1) is 0 Å². The van der Waals surface area contributed by atoms with E-state index in [0.29, 0.717) is 21.5 Å². The van der Waals surface area contributed by atoms with Crippen LogP contribution in [-0.2, 0) is 0 Å². The quantitative estimate of drug-likeness (QED) is 0.0884. The summed E-state index contributed by atoms with van der Waals surface area (Å²) in [6.07, 6.45) is 0. The molecule has 0 amide bonds. The molecule has 12 nitrogen and oxygen atoms in total. The second-order valence-electron chi connectivity index (χ2n) is 28.2. The molecule has 0 bridgehead atoms. The van der Waals surface area contributed by atoms with Gasteiger partial charge in [-0.05, 0) is 284 Å². The molecule has 4 heterocycles. The summed E-state index contributed by atoms with van der Waals surface area (Å²) in [4.78, 5) is 2.22. The fraction of sp³-hybridized carbons (Fsp3) is 0.0588. The van der Waals surface area contributed by atoms with Crippen LogP contribution in [0.25, 0.3) is 144 Å². The largest absolute Gasteiger partial charge is 0.497 e. The molecule has 0 atom stereocenters. The number of nitrogens with zero attached hydrogens (tertiary/aromatic N) is 7. The van der Waals surface area contributed by atoms with E-state index in [1.54, 1.807) is 52.7 Å². The predicted molar refractivity (Wildman–Crippen MR) is 494 cm³/mol. The van der Waals surface area contributed by atoms with Crippen molar-refractivity contribution >= 4 is 134 Å². The number of methoxy groups -OCH3 is 4. The van der Waals surface area contributed by atoms with Crippen molar-refractivity contribution in [2.24, 2.45) is 0 Å². The normalized spacial score (nSPS) is 11.0. The number of aromatic nitrogens is 6. The van der Waals surface area contributed by atoms with E-state index in [1.165, 1.54) is 94.2 Å². The molecule has 20 aromatic rings. The van der Waals surface area contributed by atoms with Crippen LogP contribution in [0.2, 0.25) is 0 Å². The highest BCUT2D eigenvalue weighted by molar-refractivity contribution is 9.10. The van der Waals surface area contributed by atoms with E-state index in [-0.39, 0.29) is 38.1 Å². The van der Waals surface area contributed by atoms with Gasteiger partial charge in [-0.3, -0.25) is 0 Å². The van der Waals surface area contributed by atoms with E-state index in [9.17, 15) is 17.6 Å². The van der Waals surface area contributed by atoms with E-state index in [0.717, 1.165) is 156 Å². The molecule has 0 saturated heterocycles. The first-order valence-electron chi connectivity index (χ1n) is 38.0. The fourth-order valence-corrected chi connectivity index (χ4v) is 16.9. The van der Waals surface area contributed by atoms with Crippen molar-refractivity contribution in [3.05, 3.63) is 367 Å². The third kappa shape index (κ3) is 16.4. The number of anilines is 5. The average molecular weight is 1700 g/mol. The standard InChI is InChI=1S/C50H34F2N4O2S.C26H23NO2.C24H12BrF2N3S.2CH4/c1-57-41-21-9-33(10-22-41)31-3-15-38(16-4-31)55(39-17-5-32(6-18-39)34-11-23-42(58-2)24-12-34)48-28-25-43(49-50(48)54-59-53-49)35-7-19-40(20-8-35)56-46-26-13-36(51)29-44(46)45-30-37(52)14-27-47(45)56;1-28-25-15-7-21(8-16-25)19-3-11-23(12-4-19)27-24-13-5-20(6-14-24)22-9-17-26(29-2)18-10-22;25-20-8-7-17(23-24(20)29-31-28-23)13-1-5-16(6-2-13)30-21-9-3-14(26)11-18(21)19-12-15(27)4-10-22(19)30;;/h3-30H,1-2H3;3-18,27H,1-2H3;1-12H;2*1H4. The summed E-state index contributed by atoms with van der Waals surface area (Å²) in [6, 6.07) is 109. The Morgan fingerprint density at radius 1 is 0.289 bits per heavy atom. The Bertz CT molecular complexity index is 6780. The molecule has 121 heavy (non-hydrogen) atoms. The van der Waals surface area contributed by atoms with Crippen molar-refractivity contribution in [3.63, 3.8) is 0 Å². The lowest BCUT2D eigenvalue weighted by molar-refractivity contribution is 0.415. The molecule has 4 aromatic heterocycles. The lowest BCUT2D eigenvalue weighted by Gasteiger charge is -2.26. The molecule has 0 radical (unpaired) electrons. The molecular weight excluding hydrogens is 1620 g/mol. The first-order chi connectivity index (χ1) is 58.3. The van der Waals surface area contributed by atoms with Gasteiger partial charge in [0.15, 0.2) is 0 Å². The smallest absolute Gasteiger partial charge is 0.129 e. The van der Waals surface area contributed by atoms with Crippen LogP contribution >= 0.6 is 39.4 Å². The van der Waals surface area contributed by atoms with E-state index < -0.39 is 0 Å². The molecule has 0 aliphatic heterocycles. The van der Waals surface area contributed by atoms with Gasteiger partial charge in [0.1, 0.15) is 68.3 Å². The molecule has 0 unspecified atom stereocenters. The molecule has 16 aromatic carbocycles. The molecule has 596 valence electrons. The Hall–Kier alpha value is -14.2. The minimum absolute atomic E-state index is 0. The molecule has 0 fully saturated rings. The van der Waals surface area contributed by atoms with Gasteiger partial charge < -0.3 is 38.3 Å². The van der Waals surface area contributed by atoms with Gasteiger partial charge >= 0.3 is 0 Å². The summed E-state index contributed by atoms with van der Waals surface area (Å²) in [6.45, 7) is 0. The van der Waals surface area contributed by atoms with Crippen LogP contribution in [-0.4, -0.2) is 55.1 Å². The van der Waals surface area contributed by atoms with Crippen LogP contribution in [0.3, 0.4) is 0 Å². The molecule has 0 saturated carbocycles. The van der Waals surface area contributed by atoms with Gasteiger partial charge in [0.2, 0.25) is 0 Å². The number of rotatable bonds is 17. The number of hydrogen-bond donors (Lipinski definition) is 1. The van der Waals surface area contributed by atoms with Crippen LogP contribution in [0, 0.1) is 23.3 Å². The highest BCUT2D eigenvalue weighted by Gasteiger charge is 2.23. The number of halogens is 5. The van der Waals surface area contributed by atoms with Gasteiger partial charge in [0.25, 0.3) is 0 Å². The number of hydrogen-bond acceptors (Lipinski definition) is 12. The molecule has 20 rings (SSSR count). The van der Waals surface area contributed by atoms with Crippen molar-refractivity contribution in [2.75, 3.05) is 38.7 Å². The maximum Gasteiger partial charge on any atom is 0.129 e. The van der Waals surface area contributed by atoms with Crippen LogP contribution in [0.5, 0.6) is 23.0 Å². The summed E-state index contributed by atoms with van der Waals surface area (Å²) in [5.41, 5.74) is 26.2. The summed E-state index contributed by atoms with van der Waals surface area (Å²) >= 11 is 5.89. The van der Waals surface area contributed by atoms with E-state index in [2.05, 4.69) is 205 Å². The predicted octanol–water partition coefficient (Wildman–Crippen LogP) is 29.1. The molecule has 1 N–H and O–H groups in total. The van der Waals surface area contributed by atoms with Crippen molar-refractivity contribution in [2.45, 2.75) is 14.9 Å². The molecule has 0 aliphatic carbocycles. The van der Waals surface area contributed by atoms with Gasteiger partial charge in [-0.1, -0.05) is 142 Å². The lowest BCUT2D eigenvalue weighted by atomic mass is 10.0. The Labute approximate surface area is 713 Å². The number of benzene rings is 16. The molecular formula is C102H77BrF4N8O4S2. The Morgan fingerprint density at radius 3 is 0.868 bits per heavy atom. The number of fused-ring (bicyclic) bond motifs is 8. The molecule has 19 heteroatoms. The summed E-state index contributed by atoms with van der Waals surface area (Å²) in [7, 11) is 6.70. The summed E-state index contributed by atoms with van der Waals surface area (Å²) < 4.78 is 101. The first-order valence-corrected chi connectivity index (χ1v) is 40.3. The van der Waals surface area contributed by atoms with Crippen LogP contribution in [0.1, 0.15) is 14.9 Å². The molecule has 0 spiro atoms. The maximum absolute atomic E-state index is 14.4. The summed E-state index contributed by atoms with van der Waals surface area (Å²) in [5, 5.41) is 6.14. The minimum Gasteiger partial charge on any atom is -0.497 e. The van der Waals surface area contributed by atoms with Crippen molar-refractivity contribution in [1.29, 1.82) is 0 Å². The van der Waals surface area contributed by atoms with E-state index in [4.69, 9.17) is 27.7 Å². The van der Waals surface area contributed by atoms with E-state index >= 15 is 0 Å². The van der Waals surface area contributed by atoms with Crippen molar-refractivity contribution in [1.82, 2.24) is 26.6 Å². The Morgan fingerprint density at radius 2 is 0.554 bits per heavy atom. The van der Waals surface area contributed by atoms with Crippen LogP contribution in [0.15, 0.2) is 344 Å². The van der Waals surface area contributed by atoms with Gasteiger partial charge in [-0.2, -0.15) is 17.5 Å². The van der Waals surface area contributed by atoms with Gasteiger partial charge in [-0.25, -0.2) is 17.6 Å². The van der Waals surface area contributed by atoms with Crippen LogP contribution < -0.4 is 29.2 Å². The average Bonchev–Trinajstić information content (AvgIpc) is 1.76. The van der Waals surface area contributed by atoms with Gasteiger partial charge in [0, 0.05) is 71.3 Å². The Balaban J connectivity index is 0.000000148. The topological polar surface area (TPSA) is 114 Å². The third-order valence-corrected chi connectivity index (χ3v) is 23.0. The zero-order valence-corrected chi connectivity index (χ0v) is 67.5. The highest BCUT2D eigenvalue weighted by atomic mass is 79.9. The summed E-state index contributed by atoms with van der Waals surface area (Å²) in [5.74, 6) is 1.94.